The lowest BCUT2D eigenvalue weighted by Gasteiger charge is -2.10. The molecule has 0 spiro atoms. The van der Waals surface area contributed by atoms with Crippen molar-refractivity contribution in [1.82, 2.24) is 24.5 Å². The smallest absolute Gasteiger partial charge is 0.338 e. The summed E-state index contributed by atoms with van der Waals surface area (Å²) >= 11 is 0. The van der Waals surface area contributed by atoms with Gasteiger partial charge in [-0.15, -0.1) is 0 Å². The van der Waals surface area contributed by atoms with Gasteiger partial charge in [-0.2, -0.15) is 0 Å². The Morgan fingerprint density at radius 1 is 0.745 bits per heavy atom. The predicted octanol–water partition coefficient (Wildman–Crippen LogP) is 6.35. The molecule has 5 aromatic carbocycles. The second kappa shape index (κ2) is 13.1. The van der Waals surface area contributed by atoms with Crippen molar-refractivity contribution in [2.45, 2.75) is 29.6 Å². The van der Waals surface area contributed by atoms with Gasteiger partial charge in [-0.05, 0) is 110 Å². The molecule has 0 aliphatic carbocycles. The number of aromatic amines is 1. The second-order valence-corrected chi connectivity index (χ2v) is 14.1. The normalized spacial score (nSPS) is 11.7. The molecule has 0 aliphatic rings. The Hall–Kier alpha value is -6.40. The number of aromatic nitrogens is 6. The number of benzene rings is 5. The molecule has 254 valence electrons. The molecule has 3 aromatic heterocycles. The van der Waals surface area contributed by atoms with Crippen LogP contribution in [0.3, 0.4) is 0 Å². The number of hydrogen-bond acceptors (Lipinski definition) is 7. The minimum atomic E-state index is -3.90. The first-order valence-corrected chi connectivity index (χ1v) is 17.7. The molecule has 0 saturated heterocycles. The molecule has 0 radical (unpaired) electrons. The first kappa shape index (κ1) is 31.8. The Balaban J connectivity index is 0.926. The van der Waals surface area contributed by atoms with E-state index in [1.165, 1.54) is 22.5 Å². The van der Waals surface area contributed by atoms with Gasteiger partial charge in [-0.1, -0.05) is 48.5 Å². The van der Waals surface area contributed by atoms with Gasteiger partial charge in [0.05, 0.1) is 22.7 Å². The zero-order valence-electron chi connectivity index (χ0n) is 27.5. The SMILES string of the molecule is COc1ccc(Cn2ccc3ccc(-c4n[nH][n+](COc5ccc(Cn6ccc7ccc(S(=O)(=O)c8ccccc8O)cc76)cc5)n4)cc32)cc1. The summed E-state index contributed by atoms with van der Waals surface area (Å²) in [6.07, 6.45) is 4.01. The van der Waals surface area contributed by atoms with E-state index in [1.807, 2.05) is 59.3 Å². The van der Waals surface area contributed by atoms with Crippen LogP contribution in [0.25, 0.3) is 33.2 Å². The number of aromatic hydroxyl groups is 1. The third-order valence-electron chi connectivity index (χ3n) is 8.87. The van der Waals surface area contributed by atoms with E-state index in [1.54, 1.807) is 37.4 Å². The molecule has 12 heteroatoms. The molecule has 11 nitrogen and oxygen atoms in total. The Morgan fingerprint density at radius 3 is 2.04 bits per heavy atom. The standard InChI is InChI=1S/C39H32N6O5S/c1-49-32-13-6-27(7-14-32)24-43-20-18-29-10-11-31(22-35(29)43)39-40-42-45(41-39)26-50-33-15-8-28(9-16-33)25-44-21-19-30-12-17-34(23-36(30)44)51(47,48)38-5-3-2-4-37(38)46/h2-23,46H,24-26H2,1H3/p+1. The van der Waals surface area contributed by atoms with Crippen molar-refractivity contribution in [3.63, 3.8) is 0 Å². The van der Waals surface area contributed by atoms with E-state index in [0.29, 0.717) is 18.1 Å². The minimum Gasteiger partial charge on any atom is -0.507 e. The molecular formula is C39H33N6O5S+. The van der Waals surface area contributed by atoms with Crippen molar-refractivity contribution in [3.05, 3.63) is 145 Å². The number of para-hydroxylation sites is 1. The monoisotopic (exact) mass is 697 g/mol. The van der Waals surface area contributed by atoms with Crippen molar-refractivity contribution >= 4 is 31.6 Å². The highest BCUT2D eigenvalue weighted by atomic mass is 32.2. The van der Waals surface area contributed by atoms with Gasteiger partial charge in [0.25, 0.3) is 6.73 Å². The number of methoxy groups -OCH3 is 1. The van der Waals surface area contributed by atoms with Gasteiger partial charge in [0, 0.05) is 36.5 Å². The quantitative estimate of drug-likeness (QED) is 0.151. The highest BCUT2D eigenvalue weighted by Gasteiger charge is 2.22. The van der Waals surface area contributed by atoms with E-state index in [9.17, 15) is 13.5 Å². The second-order valence-electron chi connectivity index (χ2n) is 12.2. The van der Waals surface area contributed by atoms with E-state index in [-0.39, 0.29) is 22.3 Å². The molecule has 0 unspecified atom stereocenters. The fourth-order valence-electron chi connectivity index (χ4n) is 6.14. The fraction of sp³-hybridized carbons (Fsp3) is 0.103. The number of nitrogens with zero attached hydrogens (tertiary/aromatic N) is 5. The van der Waals surface area contributed by atoms with Crippen LogP contribution in [-0.2, 0) is 29.7 Å². The summed E-state index contributed by atoms with van der Waals surface area (Å²) in [5.74, 6) is 1.78. The maximum Gasteiger partial charge on any atom is 0.338 e. The van der Waals surface area contributed by atoms with Gasteiger partial charge in [-0.3, -0.25) is 0 Å². The number of ether oxygens (including phenoxy) is 2. The number of fused-ring (bicyclic) bond motifs is 2. The molecule has 3 heterocycles. The van der Waals surface area contributed by atoms with Crippen molar-refractivity contribution in [1.29, 1.82) is 0 Å². The molecular weight excluding hydrogens is 665 g/mol. The number of sulfone groups is 1. The molecule has 0 fully saturated rings. The molecule has 0 aliphatic heterocycles. The number of phenols is 1. The highest BCUT2D eigenvalue weighted by molar-refractivity contribution is 7.91. The van der Waals surface area contributed by atoms with Gasteiger partial charge in [0.1, 0.15) is 22.1 Å². The molecule has 51 heavy (non-hydrogen) atoms. The van der Waals surface area contributed by atoms with Gasteiger partial charge >= 0.3 is 5.82 Å². The summed E-state index contributed by atoms with van der Waals surface area (Å²) in [6, 6.07) is 37.0. The lowest BCUT2D eigenvalue weighted by molar-refractivity contribution is -0.826. The summed E-state index contributed by atoms with van der Waals surface area (Å²) in [7, 11) is -2.23. The van der Waals surface area contributed by atoms with Gasteiger partial charge in [-0.25, -0.2) is 8.42 Å². The third-order valence-corrected chi connectivity index (χ3v) is 10.7. The van der Waals surface area contributed by atoms with E-state index in [4.69, 9.17) is 9.47 Å². The molecule has 0 atom stereocenters. The summed E-state index contributed by atoms with van der Waals surface area (Å²) in [6.45, 7) is 1.39. The van der Waals surface area contributed by atoms with Crippen molar-refractivity contribution in [3.8, 4) is 28.6 Å². The summed E-state index contributed by atoms with van der Waals surface area (Å²) in [5, 5.41) is 24.2. The van der Waals surface area contributed by atoms with Crippen LogP contribution in [0.15, 0.2) is 144 Å². The van der Waals surface area contributed by atoms with Crippen molar-refractivity contribution in [2.24, 2.45) is 0 Å². The van der Waals surface area contributed by atoms with Crippen LogP contribution in [0.4, 0.5) is 0 Å². The van der Waals surface area contributed by atoms with Crippen LogP contribution < -0.4 is 14.3 Å². The molecule has 0 amide bonds. The minimum absolute atomic E-state index is 0.119. The number of hydrogen-bond donors (Lipinski definition) is 2. The van der Waals surface area contributed by atoms with E-state index < -0.39 is 9.84 Å². The van der Waals surface area contributed by atoms with Crippen molar-refractivity contribution < 1.29 is 27.8 Å². The maximum atomic E-state index is 13.3. The Bertz CT molecular complexity index is 2610. The maximum absolute atomic E-state index is 13.3. The molecule has 8 rings (SSSR count). The topological polar surface area (TPSA) is 128 Å². The summed E-state index contributed by atoms with van der Waals surface area (Å²) in [4.78, 5) is 1.54. The Labute approximate surface area is 293 Å². The average Bonchev–Trinajstić information content (AvgIpc) is 3.90. The molecule has 2 N–H and O–H groups in total. The zero-order valence-corrected chi connectivity index (χ0v) is 28.4. The van der Waals surface area contributed by atoms with Crippen molar-refractivity contribution in [2.75, 3.05) is 7.11 Å². The van der Waals surface area contributed by atoms with Crippen LogP contribution >= 0.6 is 0 Å². The number of nitrogens with one attached hydrogen (secondary N) is 1. The Morgan fingerprint density at radius 2 is 1.37 bits per heavy atom. The predicted molar refractivity (Wildman–Crippen MR) is 191 cm³/mol. The number of tetrazole rings is 1. The van der Waals surface area contributed by atoms with E-state index in [0.717, 1.165) is 45.2 Å². The largest absolute Gasteiger partial charge is 0.507 e. The first-order valence-electron chi connectivity index (χ1n) is 16.2. The van der Waals surface area contributed by atoms with Gasteiger partial charge < -0.3 is 23.7 Å². The summed E-state index contributed by atoms with van der Waals surface area (Å²) in [5.41, 5.74) is 4.93. The Kier molecular flexibility index (Phi) is 8.20. The average molecular weight is 698 g/mol. The van der Waals surface area contributed by atoms with E-state index in [2.05, 4.69) is 56.5 Å². The number of H-pyrrole nitrogens is 1. The van der Waals surface area contributed by atoms with Crippen LogP contribution in [0.5, 0.6) is 17.2 Å². The highest BCUT2D eigenvalue weighted by Crippen LogP contribution is 2.31. The van der Waals surface area contributed by atoms with Crippen LogP contribution in [-0.4, -0.2) is 45.2 Å². The summed E-state index contributed by atoms with van der Waals surface area (Å²) < 4.78 is 42.0. The number of phenolic OH excluding ortho intramolecular Hbond substituents is 1. The third kappa shape index (κ3) is 6.40. The first-order chi connectivity index (χ1) is 24.8. The lowest BCUT2D eigenvalue weighted by atomic mass is 10.1. The van der Waals surface area contributed by atoms with E-state index >= 15 is 0 Å². The van der Waals surface area contributed by atoms with Gasteiger partial charge in [0.15, 0.2) is 0 Å². The number of rotatable bonds is 11. The van der Waals surface area contributed by atoms with Gasteiger partial charge in [0.2, 0.25) is 9.84 Å². The molecule has 0 saturated carbocycles. The van der Waals surface area contributed by atoms with Crippen LogP contribution in [0, 0.1) is 0 Å². The fourth-order valence-corrected chi connectivity index (χ4v) is 7.51. The van der Waals surface area contributed by atoms with Crippen LogP contribution in [0.1, 0.15) is 11.1 Å². The zero-order chi connectivity index (χ0) is 35.0. The van der Waals surface area contributed by atoms with Crippen LogP contribution in [0.2, 0.25) is 0 Å². The molecule has 0 bridgehead atoms. The molecule has 8 aromatic rings. The lowest BCUT2D eigenvalue weighted by Crippen LogP contribution is -2.41.